The lowest BCUT2D eigenvalue weighted by Crippen LogP contribution is -2.46. The Labute approximate surface area is 116 Å². The Morgan fingerprint density at radius 3 is 2.79 bits per heavy atom. The van der Waals surface area contributed by atoms with Crippen molar-refractivity contribution < 1.29 is 9.90 Å². The first-order valence-electron chi connectivity index (χ1n) is 6.44. The van der Waals surface area contributed by atoms with Crippen LogP contribution < -0.4 is 11.1 Å². The van der Waals surface area contributed by atoms with Gasteiger partial charge in [-0.05, 0) is 12.8 Å². The number of carbonyl (C=O) groups excluding carboxylic acids is 1. The van der Waals surface area contributed by atoms with E-state index in [9.17, 15) is 9.90 Å². The van der Waals surface area contributed by atoms with Crippen LogP contribution in [0, 0.1) is 0 Å². The van der Waals surface area contributed by atoms with Gasteiger partial charge in [0.05, 0.1) is 12.1 Å². The second-order valence-corrected chi connectivity index (χ2v) is 5.82. The van der Waals surface area contributed by atoms with Crippen molar-refractivity contribution in [1.82, 2.24) is 9.88 Å². The second-order valence-electron chi connectivity index (χ2n) is 4.82. The summed E-state index contributed by atoms with van der Waals surface area (Å²) in [6.45, 7) is 0. The van der Waals surface area contributed by atoms with Gasteiger partial charge in [0.1, 0.15) is 10.7 Å². The maximum absolute atomic E-state index is 12.4. The number of rotatable bonds is 3. The Morgan fingerprint density at radius 2 is 2.21 bits per heavy atom. The molecule has 0 bridgehead atoms. The number of hydrogen-bond donors (Lipinski definition) is 3. The lowest BCUT2D eigenvalue weighted by atomic mass is 9.91. The SMILES string of the molecule is CNc1nc(N)c(C(=O)N(C)C2CCCCC2O)s1. The van der Waals surface area contributed by atoms with E-state index in [1.54, 1.807) is 19.0 Å². The van der Waals surface area contributed by atoms with Gasteiger partial charge in [0.15, 0.2) is 5.13 Å². The number of nitrogens with two attached hydrogens (primary N) is 1. The zero-order chi connectivity index (χ0) is 14.0. The number of thiazole rings is 1. The van der Waals surface area contributed by atoms with E-state index in [-0.39, 0.29) is 17.8 Å². The second kappa shape index (κ2) is 5.75. The van der Waals surface area contributed by atoms with Crippen LogP contribution in [0.2, 0.25) is 0 Å². The number of anilines is 2. The Kier molecular flexibility index (Phi) is 4.26. The molecule has 0 aromatic carbocycles. The topological polar surface area (TPSA) is 91.5 Å². The van der Waals surface area contributed by atoms with Gasteiger partial charge in [-0.15, -0.1) is 0 Å². The maximum atomic E-state index is 12.4. The number of nitrogen functional groups attached to an aromatic ring is 1. The first kappa shape index (κ1) is 14.1. The van der Waals surface area contributed by atoms with Gasteiger partial charge in [0.2, 0.25) is 0 Å². The molecule has 1 aromatic rings. The van der Waals surface area contributed by atoms with Gasteiger partial charge < -0.3 is 21.1 Å². The number of carbonyl (C=O) groups is 1. The van der Waals surface area contributed by atoms with Crippen LogP contribution in [-0.2, 0) is 0 Å². The molecule has 6 nitrogen and oxygen atoms in total. The number of likely N-dealkylation sites (N-methyl/N-ethyl adjacent to an activating group) is 1. The third-order valence-corrected chi connectivity index (χ3v) is 4.65. The summed E-state index contributed by atoms with van der Waals surface area (Å²) in [5.41, 5.74) is 5.77. The number of aliphatic hydroxyl groups excluding tert-OH is 1. The molecule has 1 fully saturated rings. The number of amides is 1. The summed E-state index contributed by atoms with van der Waals surface area (Å²) < 4.78 is 0. The van der Waals surface area contributed by atoms with Crippen molar-refractivity contribution >= 4 is 28.2 Å². The number of nitrogens with zero attached hydrogens (tertiary/aromatic N) is 2. The quantitative estimate of drug-likeness (QED) is 0.774. The number of aliphatic hydroxyl groups is 1. The predicted molar refractivity (Wildman–Crippen MR) is 76.4 cm³/mol. The van der Waals surface area contributed by atoms with Gasteiger partial charge in [-0.1, -0.05) is 24.2 Å². The fraction of sp³-hybridized carbons (Fsp3) is 0.667. The van der Waals surface area contributed by atoms with Gasteiger partial charge in [-0.3, -0.25) is 4.79 Å². The summed E-state index contributed by atoms with van der Waals surface area (Å²) in [4.78, 5) is 18.5. The highest BCUT2D eigenvalue weighted by molar-refractivity contribution is 7.18. The minimum Gasteiger partial charge on any atom is -0.391 e. The van der Waals surface area contributed by atoms with Gasteiger partial charge >= 0.3 is 0 Å². The lowest BCUT2D eigenvalue weighted by Gasteiger charge is -2.34. The minimum atomic E-state index is -0.444. The van der Waals surface area contributed by atoms with Crippen molar-refractivity contribution in [2.75, 3.05) is 25.1 Å². The predicted octanol–water partition coefficient (Wildman–Crippen LogP) is 1.14. The van der Waals surface area contributed by atoms with Gasteiger partial charge in [0.25, 0.3) is 5.91 Å². The molecule has 1 heterocycles. The van der Waals surface area contributed by atoms with Crippen LogP contribution in [0.15, 0.2) is 0 Å². The van der Waals surface area contributed by atoms with Crippen LogP contribution in [0.3, 0.4) is 0 Å². The molecule has 19 heavy (non-hydrogen) atoms. The zero-order valence-corrected chi connectivity index (χ0v) is 12.0. The Morgan fingerprint density at radius 1 is 1.53 bits per heavy atom. The molecule has 2 atom stereocenters. The Bertz CT molecular complexity index is 463. The van der Waals surface area contributed by atoms with Crippen LogP contribution in [0.1, 0.15) is 35.4 Å². The monoisotopic (exact) mass is 284 g/mol. The standard InChI is InChI=1S/C12H20N4O2S/c1-14-12-15-10(13)9(19-12)11(18)16(2)7-5-3-4-6-8(7)17/h7-8,17H,3-6,13H2,1-2H3,(H,14,15). The number of hydrogen-bond acceptors (Lipinski definition) is 6. The number of aromatic nitrogens is 1. The molecule has 0 radical (unpaired) electrons. The molecule has 4 N–H and O–H groups in total. The average Bonchev–Trinajstić information content (AvgIpc) is 2.79. The molecule has 2 rings (SSSR count). The van der Waals surface area contributed by atoms with Crippen LogP contribution in [0.4, 0.5) is 10.9 Å². The normalized spacial score (nSPS) is 23.1. The van der Waals surface area contributed by atoms with E-state index in [0.717, 1.165) is 25.7 Å². The van der Waals surface area contributed by atoms with E-state index in [0.29, 0.717) is 10.0 Å². The van der Waals surface area contributed by atoms with Crippen molar-refractivity contribution in [1.29, 1.82) is 0 Å². The minimum absolute atomic E-state index is 0.124. The van der Waals surface area contributed by atoms with Gasteiger partial charge in [0, 0.05) is 14.1 Å². The first-order chi connectivity index (χ1) is 9.04. The van der Waals surface area contributed by atoms with Gasteiger partial charge in [-0.2, -0.15) is 0 Å². The molecule has 2 unspecified atom stereocenters. The van der Waals surface area contributed by atoms with Gasteiger partial charge in [-0.25, -0.2) is 4.98 Å². The van der Waals surface area contributed by atoms with Crippen molar-refractivity contribution in [2.45, 2.75) is 37.8 Å². The van der Waals surface area contributed by atoms with E-state index < -0.39 is 6.10 Å². The molecular formula is C12H20N4O2S. The Balaban J connectivity index is 2.15. The van der Waals surface area contributed by atoms with E-state index in [2.05, 4.69) is 10.3 Å². The Hall–Kier alpha value is -1.34. The van der Waals surface area contributed by atoms with Crippen molar-refractivity contribution in [2.24, 2.45) is 0 Å². The molecule has 0 spiro atoms. The zero-order valence-electron chi connectivity index (χ0n) is 11.2. The molecule has 0 saturated heterocycles. The highest BCUT2D eigenvalue weighted by Crippen LogP contribution is 2.29. The smallest absolute Gasteiger partial charge is 0.267 e. The molecular weight excluding hydrogens is 264 g/mol. The van der Waals surface area contributed by atoms with E-state index >= 15 is 0 Å². The molecule has 1 aromatic heterocycles. The summed E-state index contributed by atoms with van der Waals surface area (Å²) in [5.74, 6) is 0.0824. The fourth-order valence-electron chi connectivity index (χ4n) is 2.45. The highest BCUT2D eigenvalue weighted by Gasteiger charge is 2.31. The molecule has 1 aliphatic rings. The van der Waals surface area contributed by atoms with E-state index in [1.165, 1.54) is 11.3 Å². The summed E-state index contributed by atoms with van der Waals surface area (Å²) in [5, 5.41) is 13.5. The fourth-order valence-corrected chi connectivity index (χ4v) is 3.27. The van der Waals surface area contributed by atoms with Crippen molar-refractivity contribution in [3.63, 3.8) is 0 Å². The van der Waals surface area contributed by atoms with E-state index in [1.807, 2.05) is 0 Å². The molecule has 1 aliphatic carbocycles. The molecule has 1 saturated carbocycles. The summed E-state index contributed by atoms with van der Waals surface area (Å²) in [6, 6.07) is -0.124. The van der Waals surface area contributed by atoms with Crippen molar-refractivity contribution in [3.8, 4) is 0 Å². The largest absolute Gasteiger partial charge is 0.391 e. The molecule has 106 valence electrons. The van der Waals surface area contributed by atoms with E-state index in [4.69, 9.17) is 5.73 Å². The van der Waals surface area contributed by atoms with Crippen molar-refractivity contribution in [3.05, 3.63) is 4.88 Å². The maximum Gasteiger partial charge on any atom is 0.267 e. The first-order valence-corrected chi connectivity index (χ1v) is 7.25. The van der Waals surface area contributed by atoms with Crippen LogP contribution in [-0.4, -0.2) is 47.1 Å². The third kappa shape index (κ3) is 2.82. The lowest BCUT2D eigenvalue weighted by molar-refractivity contribution is 0.0271. The van der Waals surface area contributed by atoms with Crippen LogP contribution in [0.25, 0.3) is 0 Å². The summed E-state index contributed by atoms with van der Waals surface area (Å²) >= 11 is 1.24. The summed E-state index contributed by atoms with van der Waals surface area (Å²) in [7, 11) is 3.46. The molecule has 7 heteroatoms. The van der Waals surface area contributed by atoms with Crippen LogP contribution in [0.5, 0.6) is 0 Å². The molecule has 1 amide bonds. The summed E-state index contributed by atoms with van der Waals surface area (Å²) in [6.07, 6.45) is 3.20. The highest BCUT2D eigenvalue weighted by atomic mass is 32.1. The third-order valence-electron chi connectivity index (χ3n) is 3.57. The molecule has 0 aliphatic heterocycles. The number of nitrogens with one attached hydrogen (secondary N) is 1. The van der Waals surface area contributed by atoms with Crippen LogP contribution >= 0.6 is 11.3 Å². The average molecular weight is 284 g/mol.